The zero-order valence-corrected chi connectivity index (χ0v) is 17.6. The Morgan fingerprint density at radius 1 is 0.853 bits per heavy atom. The number of H-pyrrole nitrogens is 1. The molecule has 0 aliphatic heterocycles. The van der Waals surface area contributed by atoms with Gasteiger partial charge in [0.25, 0.3) is 0 Å². The van der Waals surface area contributed by atoms with Gasteiger partial charge in [-0.05, 0) is 17.7 Å². The number of imidazole rings is 1. The van der Waals surface area contributed by atoms with Gasteiger partial charge in [0, 0.05) is 11.1 Å². The van der Waals surface area contributed by atoms with Gasteiger partial charge in [-0.1, -0.05) is 72.8 Å². The molecule has 0 spiro atoms. The van der Waals surface area contributed by atoms with E-state index in [-0.39, 0.29) is 5.78 Å². The molecule has 34 heavy (non-hydrogen) atoms. The summed E-state index contributed by atoms with van der Waals surface area (Å²) in [4.78, 5) is 29.0. The summed E-state index contributed by atoms with van der Waals surface area (Å²) >= 11 is 0. The Hall–Kier alpha value is -4.40. The normalized spacial score (nSPS) is 10.7. The molecule has 0 amide bonds. The third-order valence-electron chi connectivity index (χ3n) is 4.48. The maximum Gasteiger partial charge on any atom is 0.490 e. The number of aliphatic carboxylic acids is 1. The van der Waals surface area contributed by atoms with Crippen molar-refractivity contribution in [3.8, 4) is 17.0 Å². The van der Waals surface area contributed by atoms with Crippen LogP contribution in [0.4, 0.5) is 13.2 Å². The summed E-state index contributed by atoms with van der Waals surface area (Å²) < 4.78 is 37.4. The van der Waals surface area contributed by atoms with Crippen LogP contribution in [-0.2, 0) is 11.4 Å². The summed E-state index contributed by atoms with van der Waals surface area (Å²) in [6.45, 7) is 0.370. The molecule has 0 saturated heterocycles. The number of alkyl halides is 3. The van der Waals surface area contributed by atoms with Crippen molar-refractivity contribution in [1.29, 1.82) is 0 Å². The number of nitrogens with zero attached hydrogens (tertiary/aromatic N) is 1. The number of ether oxygens (including phenoxy) is 1. The van der Waals surface area contributed by atoms with E-state index in [4.69, 9.17) is 14.6 Å². The fourth-order valence-electron chi connectivity index (χ4n) is 2.81. The third-order valence-corrected chi connectivity index (χ3v) is 4.48. The number of carbonyl (C=O) groups is 2. The van der Waals surface area contributed by atoms with Crippen LogP contribution in [0.1, 0.15) is 21.7 Å². The van der Waals surface area contributed by atoms with Gasteiger partial charge in [-0.3, -0.25) is 4.79 Å². The molecule has 1 heterocycles. The number of ketones is 1. The lowest BCUT2D eigenvalue weighted by Crippen LogP contribution is -2.21. The van der Waals surface area contributed by atoms with Gasteiger partial charge in [-0.15, -0.1) is 0 Å². The molecule has 3 aromatic carbocycles. The van der Waals surface area contributed by atoms with Crippen LogP contribution in [0.5, 0.6) is 5.75 Å². The first-order chi connectivity index (χ1) is 16.2. The van der Waals surface area contributed by atoms with Crippen LogP contribution in [0.25, 0.3) is 11.3 Å². The van der Waals surface area contributed by atoms with Gasteiger partial charge in [0.05, 0.1) is 11.9 Å². The molecule has 0 aliphatic rings. The highest BCUT2D eigenvalue weighted by atomic mass is 19.4. The lowest BCUT2D eigenvalue weighted by atomic mass is 10.0. The lowest BCUT2D eigenvalue weighted by molar-refractivity contribution is -0.192. The molecular weight excluding hydrogens is 449 g/mol. The number of hydrogen-bond acceptors (Lipinski definition) is 4. The van der Waals surface area contributed by atoms with Gasteiger partial charge in [-0.2, -0.15) is 13.2 Å². The smallest absolute Gasteiger partial charge is 0.486 e. The van der Waals surface area contributed by atoms with Gasteiger partial charge in [0.2, 0.25) is 0 Å². The molecule has 0 saturated carbocycles. The van der Waals surface area contributed by atoms with Crippen molar-refractivity contribution in [2.75, 3.05) is 0 Å². The van der Waals surface area contributed by atoms with E-state index in [1.807, 2.05) is 84.9 Å². The van der Waals surface area contributed by atoms with Crippen molar-refractivity contribution in [2.45, 2.75) is 12.8 Å². The second kappa shape index (κ2) is 11.0. The Morgan fingerprint density at radius 3 is 1.94 bits per heavy atom. The van der Waals surface area contributed by atoms with Crippen molar-refractivity contribution < 1.29 is 32.6 Å². The number of nitrogens with one attached hydrogen (secondary N) is 1. The molecule has 1 aromatic heterocycles. The number of para-hydroxylation sites is 1. The predicted molar refractivity (Wildman–Crippen MR) is 118 cm³/mol. The zero-order chi connectivity index (χ0) is 24.6. The maximum atomic E-state index is 12.5. The maximum absolute atomic E-state index is 12.5. The molecule has 0 fully saturated rings. The van der Waals surface area contributed by atoms with Crippen LogP contribution in [0.3, 0.4) is 0 Å². The van der Waals surface area contributed by atoms with Crippen LogP contribution in [0, 0.1) is 0 Å². The Bertz CT molecular complexity index is 1220. The standard InChI is InChI=1S/C23H18N2O2.C2HF3O2/c26-23(18-7-3-1-4-8-18)19-13-11-17(12-14-19)21-15-24-22(25-21)16-27-20-9-5-2-6-10-20;3-2(4,5)1(6)7/h1-15H,16H2,(H,24,25);(H,6,7). The molecule has 6 nitrogen and oxygen atoms in total. The van der Waals surface area contributed by atoms with Crippen LogP contribution in [0.15, 0.2) is 91.1 Å². The zero-order valence-electron chi connectivity index (χ0n) is 17.6. The van der Waals surface area contributed by atoms with E-state index in [1.165, 1.54) is 0 Å². The van der Waals surface area contributed by atoms with Crippen molar-refractivity contribution in [3.63, 3.8) is 0 Å². The third kappa shape index (κ3) is 6.80. The van der Waals surface area contributed by atoms with E-state index < -0.39 is 12.1 Å². The van der Waals surface area contributed by atoms with E-state index >= 15 is 0 Å². The van der Waals surface area contributed by atoms with E-state index in [9.17, 15) is 18.0 Å². The van der Waals surface area contributed by atoms with Crippen molar-refractivity contribution in [3.05, 3.63) is 108 Å². The predicted octanol–water partition coefficient (Wildman–Crippen LogP) is 5.52. The average Bonchev–Trinajstić information content (AvgIpc) is 3.32. The van der Waals surface area contributed by atoms with Crippen LogP contribution < -0.4 is 4.74 Å². The number of aromatic amines is 1. The molecule has 2 N–H and O–H groups in total. The van der Waals surface area contributed by atoms with Gasteiger partial charge < -0.3 is 14.8 Å². The monoisotopic (exact) mass is 468 g/mol. The number of benzene rings is 3. The summed E-state index contributed by atoms with van der Waals surface area (Å²) in [5.41, 5.74) is 3.21. The van der Waals surface area contributed by atoms with Crippen molar-refractivity contribution >= 4 is 11.8 Å². The fraction of sp³-hybridized carbons (Fsp3) is 0.0800. The molecule has 9 heteroatoms. The number of carboxylic acid groups (broad SMARTS) is 1. The van der Waals surface area contributed by atoms with E-state index in [2.05, 4.69) is 9.97 Å². The second-order valence-electron chi connectivity index (χ2n) is 6.92. The molecule has 0 aliphatic carbocycles. The molecule has 0 radical (unpaired) electrons. The highest BCUT2D eigenvalue weighted by Gasteiger charge is 2.38. The Balaban J connectivity index is 0.000000406. The van der Waals surface area contributed by atoms with E-state index in [0.717, 1.165) is 22.8 Å². The second-order valence-corrected chi connectivity index (χ2v) is 6.92. The number of halogens is 3. The Labute approximate surface area is 192 Å². The lowest BCUT2D eigenvalue weighted by Gasteiger charge is -2.04. The van der Waals surface area contributed by atoms with Gasteiger partial charge in [-0.25, -0.2) is 9.78 Å². The molecule has 174 valence electrons. The number of carboxylic acids is 1. The summed E-state index contributed by atoms with van der Waals surface area (Å²) in [6, 6.07) is 26.4. The minimum Gasteiger partial charge on any atom is -0.486 e. The van der Waals surface area contributed by atoms with Gasteiger partial charge in [0.1, 0.15) is 18.2 Å². The van der Waals surface area contributed by atoms with Crippen LogP contribution in [0.2, 0.25) is 0 Å². The Morgan fingerprint density at radius 2 is 1.38 bits per heavy atom. The molecule has 0 bridgehead atoms. The quantitative estimate of drug-likeness (QED) is 0.364. The van der Waals surface area contributed by atoms with Gasteiger partial charge in [0.15, 0.2) is 5.78 Å². The number of carbonyl (C=O) groups excluding carboxylic acids is 1. The summed E-state index contributed by atoms with van der Waals surface area (Å²) in [5.74, 6) is -1.19. The van der Waals surface area contributed by atoms with Crippen molar-refractivity contribution in [1.82, 2.24) is 9.97 Å². The molecule has 4 aromatic rings. The SMILES string of the molecule is O=C(O)C(F)(F)F.O=C(c1ccccc1)c1ccc(-c2cnc(COc3ccccc3)[nH]2)cc1. The highest BCUT2D eigenvalue weighted by molar-refractivity contribution is 6.09. The first kappa shape index (κ1) is 24.2. The first-order valence-corrected chi connectivity index (χ1v) is 9.96. The Kier molecular flexibility index (Phi) is 7.81. The van der Waals surface area contributed by atoms with Gasteiger partial charge >= 0.3 is 12.1 Å². The number of hydrogen-bond donors (Lipinski definition) is 2. The molecule has 0 atom stereocenters. The molecular formula is C25H19F3N2O4. The number of rotatable bonds is 6. The van der Waals surface area contributed by atoms with E-state index in [1.54, 1.807) is 6.20 Å². The summed E-state index contributed by atoms with van der Waals surface area (Å²) in [7, 11) is 0. The first-order valence-electron chi connectivity index (χ1n) is 9.96. The van der Waals surface area contributed by atoms with Crippen LogP contribution >= 0.6 is 0 Å². The topological polar surface area (TPSA) is 92.3 Å². The minimum absolute atomic E-state index is 0.0173. The van der Waals surface area contributed by atoms with Crippen LogP contribution in [-0.4, -0.2) is 33.0 Å². The molecule has 4 rings (SSSR count). The van der Waals surface area contributed by atoms with E-state index in [0.29, 0.717) is 17.7 Å². The minimum atomic E-state index is -5.08. The highest BCUT2D eigenvalue weighted by Crippen LogP contribution is 2.20. The summed E-state index contributed by atoms with van der Waals surface area (Å²) in [5, 5.41) is 7.12. The molecule has 0 unspecified atom stereocenters. The number of aromatic nitrogens is 2. The van der Waals surface area contributed by atoms with Crippen molar-refractivity contribution in [2.24, 2.45) is 0 Å². The largest absolute Gasteiger partial charge is 0.490 e. The summed E-state index contributed by atoms with van der Waals surface area (Å²) in [6.07, 6.45) is -3.31. The average molecular weight is 468 g/mol. The fourth-order valence-corrected chi connectivity index (χ4v) is 2.81.